The fourth-order valence-corrected chi connectivity index (χ4v) is 4.67. The normalized spacial score (nSPS) is 16.2. The molecule has 6 heteroatoms. The number of imidazole rings is 1. The smallest absolute Gasteiger partial charge is 0.194 e. The van der Waals surface area contributed by atoms with E-state index in [0.717, 1.165) is 34.7 Å². The van der Waals surface area contributed by atoms with Crippen molar-refractivity contribution in [3.05, 3.63) is 41.7 Å². The number of nitrogens with one attached hydrogen (secondary N) is 1. The van der Waals surface area contributed by atoms with E-state index in [9.17, 15) is 0 Å². The summed E-state index contributed by atoms with van der Waals surface area (Å²) in [6.07, 6.45) is 6.74. The van der Waals surface area contributed by atoms with Crippen LogP contribution in [0.1, 0.15) is 35.9 Å². The lowest BCUT2D eigenvalue weighted by atomic mass is 9.95. The Morgan fingerprint density at radius 1 is 1.16 bits per heavy atom. The number of piperidine rings is 1. The van der Waals surface area contributed by atoms with Gasteiger partial charge in [0.25, 0.3) is 0 Å². The molecule has 3 aromatic heterocycles. The lowest BCUT2D eigenvalue weighted by molar-refractivity contribution is 0.454. The van der Waals surface area contributed by atoms with Crippen LogP contribution >= 0.6 is 11.3 Å². The second-order valence-electron chi connectivity index (χ2n) is 6.85. The molecule has 128 valence electrons. The molecule has 0 atom stereocenters. The Hall–Kier alpha value is -2.18. The van der Waals surface area contributed by atoms with Crippen LogP contribution in [0.25, 0.3) is 26.5 Å². The summed E-state index contributed by atoms with van der Waals surface area (Å²) in [6, 6.07) is 4.27. The Bertz CT molecular complexity index is 1040. The van der Waals surface area contributed by atoms with Gasteiger partial charge >= 0.3 is 0 Å². The van der Waals surface area contributed by atoms with Gasteiger partial charge in [0, 0.05) is 25.2 Å². The quantitative estimate of drug-likeness (QED) is 0.585. The van der Waals surface area contributed by atoms with Crippen LogP contribution in [-0.2, 0) is 0 Å². The Labute approximate surface area is 149 Å². The van der Waals surface area contributed by atoms with Crippen LogP contribution in [0, 0.1) is 13.8 Å². The average Bonchev–Trinajstić information content (AvgIpc) is 3.27. The van der Waals surface area contributed by atoms with E-state index in [1.54, 1.807) is 11.3 Å². The van der Waals surface area contributed by atoms with Gasteiger partial charge in [-0.15, -0.1) is 0 Å². The third-order valence-electron chi connectivity index (χ3n) is 5.01. The van der Waals surface area contributed by atoms with Gasteiger partial charge in [-0.2, -0.15) is 0 Å². The highest BCUT2D eigenvalue weighted by Gasteiger charge is 2.19. The van der Waals surface area contributed by atoms with Crippen LogP contribution < -0.4 is 5.32 Å². The molecule has 5 rings (SSSR count). The third-order valence-corrected chi connectivity index (χ3v) is 6.05. The first kappa shape index (κ1) is 15.1. The zero-order valence-electron chi connectivity index (χ0n) is 14.4. The molecule has 1 N–H and O–H groups in total. The van der Waals surface area contributed by atoms with Gasteiger partial charge in [-0.3, -0.25) is 4.40 Å². The maximum absolute atomic E-state index is 5.73. The number of rotatable bonds is 2. The summed E-state index contributed by atoms with van der Waals surface area (Å²) in [6.45, 7) is 6.16. The second kappa shape index (κ2) is 5.68. The molecule has 25 heavy (non-hydrogen) atoms. The predicted molar refractivity (Wildman–Crippen MR) is 100 cm³/mol. The monoisotopic (exact) mass is 352 g/mol. The van der Waals surface area contributed by atoms with Crippen molar-refractivity contribution in [3.63, 3.8) is 0 Å². The van der Waals surface area contributed by atoms with Gasteiger partial charge in [0.1, 0.15) is 5.52 Å². The van der Waals surface area contributed by atoms with Crippen LogP contribution in [0.4, 0.5) is 0 Å². The van der Waals surface area contributed by atoms with E-state index in [4.69, 9.17) is 9.40 Å². The Morgan fingerprint density at radius 2 is 2.00 bits per heavy atom. The van der Waals surface area contributed by atoms with Crippen LogP contribution in [0.3, 0.4) is 0 Å². The predicted octanol–water partition coefficient (Wildman–Crippen LogP) is 4.29. The van der Waals surface area contributed by atoms with Crippen molar-refractivity contribution in [1.29, 1.82) is 0 Å². The van der Waals surface area contributed by atoms with E-state index in [0.29, 0.717) is 11.8 Å². The zero-order valence-corrected chi connectivity index (χ0v) is 15.2. The van der Waals surface area contributed by atoms with Gasteiger partial charge in [-0.1, -0.05) is 11.3 Å². The first-order valence-electron chi connectivity index (χ1n) is 8.75. The fraction of sp³-hybridized carbons (Fsp3) is 0.368. The maximum Gasteiger partial charge on any atom is 0.194 e. The topological polar surface area (TPSA) is 55.4 Å². The summed E-state index contributed by atoms with van der Waals surface area (Å²) >= 11 is 1.73. The van der Waals surface area contributed by atoms with Crippen LogP contribution in [0.2, 0.25) is 0 Å². The van der Waals surface area contributed by atoms with Crippen molar-refractivity contribution in [2.45, 2.75) is 32.6 Å². The SMILES string of the molecule is Cc1nc2c(C)cc(-c3cn4cc(C5CCNCC5)nc4s3)cc2o1. The van der Waals surface area contributed by atoms with E-state index in [1.807, 2.05) is 6.92 Å². The molecule has 0 unspecified atom stereocenters. The number of thiazole rings is 1. The highest BCUT2D eigenvalue weighted by molar-refractivity contribution is 7.20. The lowest BCUT2D eigenvalue weighted by Crippen LogP contribution is -2.26. The third kappa shape index (κ3) is 2.56. The molecular weight excluding hydrogens is 332 g/mol. The number of fused-ring (bicyclic) bond motifs is 2. The van der Waals surface area contributed by atoms with Gasteiger partial charge in [-0.05, 0) is 56.1 Å². The molecule has 1 aliphatic rings. The molecule has 0 saturated carbocycles. The van der Waals surface area contributed by atoms with Crippen molar-refractivity contribution in [2.24, 2.45) is 0 Å². The van der Waals surface area contributed by atoms with Crippen LogP contribution in [0.5, 0.6) is 0 Å². The Balaban J connectivity index is 1.53. The number of nitrogens with zero attached hydrogens (tertiary/aromatic N) is 3. The summed E-state index contributed by atoms with van der Waals surface area (Å²) in [7, 11) is 0. The molecule has 1 fully saturated rings. The molecule has 1 saturated heterocycles. The highest BCUT2D eigenvalue weighted by Crippen LogP contribution is 2.34. The van der Waals surface area contributed by atoms with E-state index in [2.05, 4.69) is 46.2 Å². The number of hydrogen-bond acceptors (Lipinski definition) is 5. The average molecular weight is 352 g/mol. The van der Waals surface area contributed by atoms with Gasteiger partial charge in [0.15, 0.2) is 16.4 Å². The van der Waals surface area contributed by atoms with Gasteiger partial charge in [0.2, 0.25) is 0 Å². The number of aromatic nitrogens is 3. The number of hydrogen-bond donors (Lipinski definition) is 1. The van der Waals surface area contributed by atoms with E-state index in [-0.39, 0.29) is 0 Å². The number of oxazole rings is 1. The lowest BCUT2D eigenvalue weighted by Gasteiger charge is -2.20. The molecule has 0 bridgehead atoms. The standard InChI is InChI=1S/C19H20N4OS/c1-11-7-14(8-16-18(11)21-12(2)24-16)17-10-23-9-15(22-19(23)25-17)13-3-5-20-6-4-13/h7-10,13,20H,3-6H2,1-2H3. The van der Waals surface area contributed by atoms with Crippen molar-refractivity contribution >= 4 is 27.4 Å². The highest BCUT2D eigenvalue weighted by atomic mass is 32.1. The summed E-state index contributed by atoms with van der Waals surface area (Å²) in [5, 5.41) is 3.42. The Morgan fingerprint density at radius 3 is 2.80 bits per heavy atom. The first-order valence-corrected chi connectivity index (χ1v) is 9.56. The minimum Gasteiger partial charge on any atom is -0.441 e. The van der Waals surface area contributed by atoms with Crippen molar-refractivity contribution < 1.29 is 4.42 Å². The van der Waals surface area contributed by atoms with Crippen LogP contribution in [-0.4, -0.2) is 27.5 Å². The molecule has 5 nitrogen and oxygen atoms in total. The minimum absolute atomic E-state index is 0.590. The van der Waals surface area contributed by atoms with Crippen molar-refractivity contribution in [3.8, 4) is 10.4 Å². The zero-order chi connectivity index (χ0) is 17.0. The largest absolute Gasteiger partial charge is 0.441 e. The van der Waals surface area contributed by atoms with Crippen LogP contribution in [0.15, 0.2) is 28.9 Å². The summed E-state index contributed by atoms with van der Waals surface area (Å²) in [5.41, 5.74) is 5.35. The number of benzene rings is 1. The molecule has 1 aliphatic heterocycles. The summed E-state index contributed by atoms with van der Waals surface area (Å²) < 4.78 is 7.90. The molecule has 0 radical (unpaired) electrons. The minimum atomic E-state index is 0.590. The first-order chi connectivity index (χ1) is 12.2. The summed E-state index contributed by atoms with van der Waals surface area (Å²) in [4.78, 5) is 11.6. The molecule has 0 spiro atoms. The van der Waals surface area contributed by atoms with Gasteiger partial charge < -0.3 is 9.73 Å². The molecular formula is C19H20N4OS. The second-order valence-corrected chi connectivity index (χ2v) is 7.86. The molecule has 1 aromatic carbocycles. The number of aryl methyl sites for hydroxylation is 2. The molecule has 0 aliphatic carbocycles. The van der Waals surface area contributed by atoms with Gasteiger partial charge in [0.05, 0.1) is 10.6 Å². The Kier molecular flexibility index (Phi) is 3.43. The van der Waals surface area contributed by atoms with E-state index < -0.39 is 0 Å². The van der Waals surface area contributed by atoms with Gasteiger partial charge in [-0.25, -0.2) is 9.97 Å². The van der Waals surface area contributed by atoms with E-state index >= 15 is 0 Å². The molecule has 4 aromatic rings. The fourth-order valence-electron chi connectivity index (χ4n) is 3.71. The maximum atomic E-state index is 5.73. The van der Waals surface area contributed by atoms with Crippen molar-refractivity contribution in [2.75, 3.05) is 13.1 Å². The molecule has 4 heterocycles. The van der Waals surface area contributed by atoms with Crippen molar-refractivity contribution in [1.82, 2.24) is 19.7 Å². The molecule has 0 amide bonds. The summed E-state index contributed by atoms with van der Waals surface area (Å²) in [5.74, 6) is 1.30. The van der Waals surface area contributed by atoms with E-state index in [1.165, 1.54) is 29.0 Å².